The number of nitrogens with zero attached hydrogens (tertiary/aromatic N) is 2. The summed E-state index contributed by atoms with van der Waals surface area (Å²) < 4.78 is 11.0. The first-order chi connectivity index (χ1) is 9.70. The van der Waals surface area contributed by atoms with Crippen LogP contribution in [0.3, 0.4) is 0 Å². The van der Waals surface area contributed by atoms with E-state index in [4.69, 9.17) is 15.0 Å². The average Bonchev–Trinajstić information content (AvgIpc) is 2.99. The molecule has 1 saturated heterocycles. The van der Waals surface area contributed by atoms with Gasteiger partial charge in [-0.1, -0.05) is 37.3 Å². The molecule has 2 atom stereocenters. The number of aromatic nitrogens is 2. The van der Waals surface area contributed by atoms with Crippen LogP contribution in [0.2, 0.25) is 0 Å². The molecule has 2 heterocycles. The van der Waals surface area contributed by atoms with Crippen molar-refractivity contribution in [2.45, 2.75) is 69.2 Å². The largest absolute Gasteiger partial charge is 0.379 e. The minimum Gasteiger partial charge on any atom is -0.379 e. The minimum absolute atomic E-state index is 0.0619. The fourth-order valence-electron chi connectivity index (χ4n) is 3.26. The molecule has 2 fully saturated rings. The number of rotatable bonds is 2. The van der Waals surface area contributed by atoms with Crippen LogP contribution in [0.15, 0.2) is 4.52 Å². The zero-order valence-corrected chi connectivity index (χ0v) is 12.3. The van der Waals surface area contributed by atoms with Crippen LogP contribution in [0.4, 0.5) is 0 Å². The number of nitrogens with two attached hydrogens (primary N) is 1. The van der Waals surface area contributed by atoms with Gasteiger partial charge in [0.25, 0.3) is 0 Å². The van der Waals surface area contributed by atoms with E-state index in [9.17, 15) is 0 Å². The summed E-state index contributed by atoms with van der Waals surface area (Å²) in [7, 11) is 0. The van der Waals surface area contributed by atoms with Gasteiger partial charge in [0.1, 0.15) is 0 Å². The van der Waals surface area contributed by atoms with Crippen LogP contribution in [0.5, 0.6) is 0 Å². The SMILES string of the molecule is CC1(c2nc(C3CCCCCCC3)no2)COCC1N. The van der Waals surface area contributed by atoms with Crippen LogP contribution in [-0.4, -0.2) is 29.4 Å². The Morgan fingerprint density at radius 2 is 1.85 bits per heavy atom. The van der Waals surface area contributed by atoms with E-state index in [1.54, 1.807) is 0 Å². The molecule has 0 aromatic carbocycles. The van der Waals surface area contributed by atoms with Crippen molar-refractivity contribution < 1.29 is 9.26 Å². The summed E-state index contributed by atoms with van der Waals surface area (Å²) in [6.07, 6.45) is 8.93. The van der Waals surface area contributed by atoms with E-state index in [-0.39, 0.29) is 11.5 Å². The summed E-state index contributed by atoms with van der Waals surface area (Å²) in [5.41, 5.74) is 5.80. The van der Waals surface area contributed by atoms with Crippen molar-refractivity contribution in [1.82, 2.24) is 10.1 Å². The van der Waals surface area contributed by atoms with Gasteiger partial charge in [0.2, 0.25) is 5.89 Å². The Bertz CT molecular complexity index is 440. The highest BCUT2D eigenvalue weighted by atomic mass is 16.5. The maximum absolute atomic E-state index is 6.13. The van der Waals surface area contributed by atoms with Gasteiger partial charge >= 0.3 is 0 Å². The second-order valence-corrected chi connectivity index (χ2v) is 6.54. The van der Waals surface area contributed by atoms with E-state index in [2.05, 4.69) is 17.1 Å². The maximum Gasteiger partial charge on any atom is 0.236 e. The second kappa shape index (κ2) is 5.82. The molecule has 1 saturated carbocycles. The third-order valence-corrected chi connectivity index (χ3v) is 4.92. The molecule has 2 aliphatic rings. The topological polar surface area (TPSA) is 74.2 Å². The molecule has 3 rings (SSSR count). The van der Waals surface area contributed by atoms with Crippen molar-refractivity contribution >= 4 is 0 Å². The zero-order chi connectivity index (χ0) is 14.0. The van der Waals surface area contributed by atoms with Gasteiger partial charge in [-0.15, -0.1) is 0 Å². The lowest BCUT2D eigenvalue weighted by atomic mass is 9.85. The monoisotopic (exact) mass is 279 g/mol. The zero-order valence-electron chi connectivity index (χ0n) is 12.3. The molecule has 1 aliphatic heterocycles. The second-order valence-electron chi connectivity index (χ2n) is 6.54. The molecule has 0 bridgehead atoms. The third kappa shape index (κ3) is 2.61. The van der Waals surface area contributed by atoms with Gasteiger partial charge in [-0.3, -0.25) is 0 Å². The number of hydrogen-bond donors (Lipinski definition) is 1. The normalized spacial score (nSPS) is 33.0. The van der Waals surface area contributed by atoms with Crippen molar-refractivity contribution in [2.24, 2.45) is 5.73 Å². The standard InChI is InChI=1S/C15H25N3O2/c1-15(10-19-9-12(15)16)14-17-13(18-20-14)11-7-5-3-2-4-6-8-11/h11-12H,2-10,16H2,1H3. The highest BCUT2D eigenvalue weighted by molar-refractivity contribution is 5.12. The van der Waals surface area contributed by atoms with E-state index < -0.39 is 0 Å². The molecule has 0 amide bonds. The molecular weight excluding hydrogens is 254 g/mol. The van der Waals surface area contributed by atoms with Crippen molar-refractivity contribution in [3.05, 3.63) is 11.7 Å². The number of ether oxygens (including phenoxy) is 1. The summed E-state index contributed by atoms with van der Waals surface area (Å²) in [6.45, 7) is 3.19. The van der Waals surface area contributed by atoms with Gasteiger partial charge < -0.3 is 15.0 Å². The summed E-state index contributed by atoms with van der Waals surface area (Å²) in [5, 5.41) is 4.24. The Morgan fingerprint density at radius 3 is 2.50 bits per heavy atom. The van der Waals surface area contributed by atoms with E-state index in [0.717, 1.165) is 5.82 Å². The van der Waals surface area contributed by atoms with Gasteiger partial charge in [0.05, 0.1) is 18.6 Å². The predicted molar refractivity (Wildman–Crippen MR) is 75.5 cm³/mol. The van der Waals surface area contributed by atoms with Gasteiger partial charge in [-0.05, 0) is 19.8 Å². The molecule has 112 valence electrons. The van der Waals surface area contributed by atoms with E-state index in [1.807, 2.05) is 0 Å². The molecular formula is C15H25N3O2. The van der Waals surface area contributed by atoms with Crippen LogP contribution in [0.25, 0.3) is 0 Å². The minimum atomic E-state index is -0.327. The van der Waals surface area contributed by atoms with E-state index in [0.29, 0.717) is 25.0 Å². The third-order valence-electron chi connectivity index (χ3n) is 4.92. The first-order valence-electron chi connectivity index (χ1n) is 7.87. The predicted octanol–water partition coefficient (Wildman–Crippen LogP) is 2.51. The summed E-state index contributed by atoms with van der Waals surface area (Å²) >= 11 is 0. The van der Waals surface area contributed by atoms with Crippen LogP contribution < -0.4 is 5.73 Å². The van der Waals surface area contributed by atoms with Crippen molar-refractivity contribution in [2.75, 3.05) is 13.2 Å². The Labute approximate surface area is 120 Å². The van der Waals surface area contributed by atoms with Crippen molar-refractivity contribution in [3.63, 3.8) is 0 Å². The summed E-state index contributed by atoms with van der Waals surface area (Å²) in [6, 6.07) is -0.0619. The fourth-order valence-corrected chi connectivity index (χ4v) is 3.26. The van der Waals surface area contributed by atoms with Crippen LogP contribution >= 0.6 is 0 Å². The quantitative estimate of drug-likeness (QED) is 0.900. The molecule has 1 aromatic rings. The lowest BCUT2D eigenvalue weighted by molar-refractivity contribution is 0.169. The highest BCUT2D eigenvalue weighted by Gasteiger charge is 2.44. The number of hydrogen-bond acceptors (Lipinski definition) is 5. The summed E-state index contributed by atoms with van der Waals surface area (Å²) in [4.78, 5) is 4.67. The summed E-state index contributed by atoms with van der Waals surface area (Å²) in [5.74, 6) is 1.98. The van der Waals surface area contributed by atoms with E-state index in [1.165, 1.54) is 44.9 Å². The van der Waals surface area contributed by atoms with Gasteiger partial charge in [-0.2, -0.15) is 4.98 Å². The van der Waals surface area contributed by atoms with Gasteiger partial charge in [0, 0.05) is 12.0 Å². The molecule has 20 heavy (non-hydrogen) atoms. The van der Waals surface area contributed by atoms with Crippen molar-refractivity contribution in [1.29, 1.82) is 0 Å². The fraction of sp³-hybridized carbons (Fsp3) is 0.867. The molecule has 1 aliphatic carbocycles. The smallest absolute Gasteiger partial charge is 0.236 e. The Kier molecular flexibility index (Phi) is 4.08. The Hall–Kier alpha value is -0.940. The molecule has 5 nitrogen and oxygen atoms in total. The molecule has 2 unspecified atom stereocenters. The maximum atomic E-state index is 6.13. The van der Waals surface area contributed by atoms with Gasteiger partial charge in [0.15, 0.2) is 5.82 Å². The van der Waals surface area contributed by atoms with E-state index >= 15 is 0 Å². The first kappa shape index (κ1) is 14.0. The molecule has 2 N–H and O–H groups in total. The Balaban J connectivity index is 1.75. The highest BCUT2D eigenvalue weighted by Crippen LogP contribution is 2.34. The van der Waals surface area contributed by atoms with Crippen LogP contribution in [0.1, 0.15) is 69.5 Å². The first-order valence-corrected chi connectivity index (χ1v) is 7.87. The molecule has 0 spiro atoms. The average molecular weight is 279 g/mol. The van der Waals surface area contributed by atoms with Crippen LogP contribution in [-0.2, 0) is 10.2 Å². The van der Waals surface area contributed by atoms with Gasteiger partial charge in [-0.25, -0.2) is 0 Å². The van der Waals surface area contributed by atoms with Crippen LogP contribution in [0, 0.1) is 0 Å². The molecule has 0 radical (unpaired) electrons. The lowest BCUT2D eigenvalue weighted by Crippen LogP contribution is -2.42. The Morgan fingerprint density at radius 1 is 1.15 bits per heavy atom. The molecule has 1 aromatic heterocycles. The van der Waals surface area contributed by atoms with Crippen molar-refractivity contribution in [3.8, 4) is 0 Å². The lowest BCUT2D eigenvalue weighted by Gasteiger charge is -2.21. The molecule has 5 heteroatoms.